The van der Waals surface area contributed by atoms with E-state index in [2.05, 4.69) is 5.32 Å². The van der Waals surface area contributed by atoms with Gasteiger partial charge in [-0.1, -0.05) is 56.2 Å². The zero-order valence-corrected chi connectivity index (χ0v) is 26.0. The molecule has 3 rings (SSSR count). The zero-order valence-electron chi connectivity index (χ0n) is 25.2. The van der Waals surface area contributed by atoms with Crippen molar-refractivity contribution < 1.29 is 35.9 Å². The molecule has 0 heterocycles. The second-order valence-corrected chi connectivity index (χ2v) is 12.2. The molecule has 8 nitrogen and oxygen atoms in total. The maximum absolute atomic E-state index is 14.1. The quantitative estimate of drug-likeness (QED) is 0.222. The van der Waals surface area contributed by atoms with Crippen molar-refractivity contribution in [2.45, 2.75) is 63.7 Å². The van der Waals surface area contributed by atoms with Gasteiger partial charge in [0, 0.05) is 13.1 Å². The van der Waals surface area contributed by atoms with E-state index in [-0.39, 0.29) is 23.5 Å². The molecule has 0 saturated carbocycles. The molecule has 238 valence electrons. The van der Waals surface area contributed by atoms with Gasteiger partial charge >= 0.3 is 6.18 Å². The fourth-order valence-corrected chi connectivity index (χ4v) is 5.96. The number of benzene rings is 3. The van der Waals surface area contributed by atoms with Crippen molar-refractivity contribution >= 4 is 27.5 Å². The van der Waals surface area contributed by atoms with Gasteiger partial charge < -0.3 is 15.0 Å². The van der Waals surface area contributed by atoms with Gasteiger partial charge in [-0.25, -0.2) is 8.42 Å². The normalized spacial score (nSPS) is 12.3. The molecule has 0 bridgehead atoms. The Morgan fingerprint density at radius 2 is 1.64 bits per heavy atom. The first-order chi connectivity index (χ1) is 20.8. The number of hydrogen-bond acceptors (Lipinski definition) is 5. The molecule has 3 aromatic carbocycles. The van der Waals surface area contributed by atoms with Crippen molar-refractivity contribution in [3.05, 3.63) is 89.5 Å². The number of rotatable bonds is 14. The number of alkyl halides is 3. The third-order valence-electron chi connectivity index (χ3n) is 7.08. The Morgan fingerprint density at radius 1 is 0.977 bits per heavy atom. The average Bonchev–Trinajstić information content (AvgIpc) is 3.00. The smallest absolute Gasteiger partial charge is 0.416 e. The van der Waals surface area contributed by atoms with E-state index in [9.17, 15) is 31.2 Å². The number of nitrogens with zero attached hydrogens (tertiary/aromatic N) is 2. The van der Waals surface area contributed by atoms with Crippen LogP contribution in [0.2, 0.25) is 0 Å². The predicted octanol–water partition coefficient (Wildman–Crippen LogP) is 5.94. The van der Waals surface area contributed by atoms with Crippen molar-refractivity contribution in [2.24, 2.45) is 0 Å². The average molecular weight is 634 g/mol. The number of carbonyl (C=O) groups excluding carboxylic acids is 2. The summed E-state index contributed by atoms with van der Waals surface area (Å²) in [6.45, 7) is 4.97. The summed E-state index contributed by atoms with van der Waals surface area (Å²) in [7, 11) is -3.00. The molecule has 0 aromatic heterocycles. The van der Waals surface area contributed by atoms with Gasteiger partial charge in [-0.2, -0.15) is 13.2 Å². The summed E-state index contributed by atoms with van der Waals surface area (Å²) >= 11 is 0. The molecule has 44 heavy (non-hydrogen) atoms. The van der Waals surface area contributed by atoms with Crippen LogP contribution in [0.4, 0.5) is 18.9 Å². The van der Waals surface area contributed by atoms with Gasteiger partial charge in [-0.3, -0.25) is 13.9 Å². The van der Waals surface area contributed by atoms with Gasteiger partial charge in [0.15, 0.2) is 0 Å². The number of amides is 2. The predicted molar refractivity (Wildman–Crippen MR) is 163 cm³/mol. The first-order valence-electron chi connectivity index (χ1n) is 14.3. The molecule has 0 spiro atoms. The van der Waals surface area contributed by atoms with E-state index in [4.69, 9.17) is 4.74 Å². The summed E-state index contributed by atoms with van der Waals surface area (Å²) in [5.74, 6) is -0.586. The van der Waals surface area contributed by atoms with Gasteiger partial charge in [0.2, 0.25) is 11.8 Å². The van der Waals surface area contributed by atoms with Gasteiger partial charge in [0.05, 0.1) is 23.3 Å². The number of methoxy groups -OCH3 is 1. The Morgan fingerprint density at radius 3 is 2.20 bits per heavy atom. The number of anilines is 1. The Bertz CT molecular complexity index is 1510. The molecule has 0 aliphatic heterocycles. The van der Waals surface area contributed by atoms with Crippen molar-refractivity contribution in [3.8, 4) is 5.75 Å². The van der Waals surface area contributed by atoms with Crippen molar-refractivity contribution in [1.82, 2.24) is 10.2 Å². The van der Waals surface area contributed by atoms with Crippen molar-refractivity contribution in [2.75, 3.05) is 24.5 Å². The van der Waals surface area contributed by atoms with Crippen LogP contribution < -0.4 is 14.4 Å². The van der Waals surface area contributed by atoms with Gasteiger partial charge in [0.1, 0.15) is 18.3 Å². The first-order valence-corrected chi connectivity index (χ1v) is 15.7. The topological polar surface area (TPSA) is 96.0 Å². The van der Waals surface area contributed by atoms with Crippen LogP contribution in [0.3, 0.4) is 0 Å². The molecule has 3 aromatic rings. The van der Waals surface area contributed by atoms with Crippen molar-refractivity contribution in [3.63, 3.8) is 0 Å². The van der Waals surface area contributed by atoms with E-state index in [0.717, 1.165) is 30.5 Å². The van der Waals surface area contributed by atoms with Gasteiger partial charge in [0.25, 0.3) is 10.0 Å². The Labute approximate surface area is 256 Å². The molecule has 1 N–H and O–H groups in total. The number of nitrogens with one attached hydrogen (secondary N) is 1. The van der Waals surface area contributed by atoms with E-state index in [1.165, 1.54) is 30.2 Å². The molecule has 0 unspecified atom stereocenters. The minimum absolute atomic E-state index is 0.0520. The number of hydrogen-bond donors (Lipinski definition) is 1. The SMILES string of the molecule is CCCCNC(=O)[C@H](CC)N(Cc1ccc(OC)cc1)C(=O)CN(c1cccc(C(F)(F)F)c1)S(=O)(=O)c1ccc(C)cc1. The number of sulfonamides is 1. The molecule has 0 aliphatic rings. The van der Waals surface area contributed by atoms with Gasteiger partial charge in [-0.05, 0) is 67.8 Å². The minimum atomic E-state index is -4.75. The zero-order chi connectivity index (χ0) is 32.5. The Hall–Kier alpha value is -4.06. The Kier molecular flexibility index (Phi) is 11.8. The minimum Gasteiger partial charge on any atom is -0.497 e. The fraction of sp³-hybridized carbons (Fsp3) is 0.375. The van der Waals surface area contributed by atoms with Crippen LogP contribution in [-0.4, -0.2) is 51.4 Å². The summed E-state index contributed by atoms with van der Waals surface area (Å²) in [5, 5.41) is 2.83. The van der Waals surface area contributed by atoms with Crippen LogP contribution >= 0.6 is 0 Å². The largest absolute Gasteiger partial charge is 0.497 e. The van der Waals surface area contributed by atoms with Gasteiger partial charge in [-0.15, -0.1) is 0 Å². The van der Waals surface area contributed by atoms with E-state index < -0.39 is 46.2 Å². The highest BCUT2D eigenvalue weighted by Gasteiger charge is 2.36. The third kappa shape index (κ3) is 8.75. The second-order valence-electron chi connectivity index (χ2n) is 10.3. The maximum atomic E-state index is 14.1. The van der Waals surface area contributed by atoms with Crippen LogP contribution in [0.15, 0.2) is 77.7 Å². The number of carbonyl (C=O) groups is 2. The lowest BCUT2D eigenvalue weighted by Gasteiger charge is -2.33. The summed E-state index contributed by atoms with van der Waals surface area (Å²) in [6, 6.07) is 15.5. The molecule has 0 aliphatic carbocycles. The first kappa shape index (κ1) is 34.4. The number of unbranched alkanes of at least 4 members (excludes halogenated alkanes) is 1. The number of aryl methyl sites for hydroxylation is 1. The summed E-state index contributed by atoms with van der Waals surface area (Å²) in [5.41, 5.74) is 0.0177. The third-order valence-corrected chi connectivity index (χ3v) is 8.86. The van der Waals surface area contributed by atoms with Crippen LogP contribution in [0.5, 0.6) is 5.75 Å². The molecule has 12 heteroatoms. The molecular formula is C32H38F3N3O5S. The van der Waals surface area contributed by atoms with Crippen LogP contribution in [0, 0.1) is 6.92 Å². The van der Waals surface area contributed by atoms with Crippen molar-refractivity contribution in [1.29, 1.82) is 0 Å². The van der Waals surface area contributed by atoms with Crippen LogP contribution in [0.1, 0.15) is 49.8 Å². The van der Waals surface area contributed by atoms with E-state index >= 15 is 0 Å². The van der Waals surface area contributed by atoms with E-state index in [0.29, 0.717) is 28.2 Å². The molecule has 1 atom stereocenters. The fourth-order valence-electron chi connectivity index (χ4n) is 4.56. The lowest BCUT2D eigenvalue weighted by Crippen LogP contribution is -2.52. The van der Waals surface area contributed by atoms with E-state index in [1.54, 1.807) is 50.2 Å². The summed E-state index contributed by atoms with van der Waals surface area (Å²) in [4.78, 5) is 28.4. The molecular weight excluding hydrogens is 595 g/mol. The lowest BCUT2D eigenvalue weighted by molar-refractivity contribution is -0.140. The Balaban J connectivity index is 2.09. The molecule has 2 amide bonds. The standard InChI is InChI=1S/C32H38F3N3O5S/c1-5-7-19-36-31(40)29(6-2)37(21-24-13-15-27(43-4)16-14-24)30(39)22-38(26-10-8-9-25(20-26)32(33,34)35)44(41,42)28-17-11-23(3)12-18-28/h8-18,20,29H,5-7,19,21-22H2,1-4H3,(H,36,40)/t29-/m0/s1. The maximum Gasteiger partial charge on any atom is 0.416 e. The van der Waals surface area contributed by atoms with E-state index in [1.807, 2.05) is 6.92 Å². The van der Waals surface area contributed by atoms with Crippen LogP contribution in [0.25, 0.3) is 0 Å². The highest BCUT2D eigenvalue weighted by atomic mass is 32.2. The summed E-state index contributed by atoms with van der Waals surface area (Å²) in [6.07, 6.45) is -2.96. The monoisotopic (exact) mass is 633 g/mol. The number of ether oxygens (including phenoxy) is 1. The lowest BCUT2D eigenvalue weighted by atomic mass is 10.1. The molecule has 0 radical (unpaired) electrons. The highest BCUT2D eigenvalue weighted by molar-refractivity contribution is 7.92. The second kappa shape index (κ2) is 15.1. The molecule has 0 fully saturated rings. The number of halogens is 3. The summed E-state index contributed by atoms with van der Waals surface area (Å²) < 4.78 is 74.7. The van der Waals surface area contributed by atoms with Crippen LogP contribution in [-0.2, 0) is 32.3 Å². The highest BCUT2D eigenvalue weighted by Crippen LogP contribution is 2.33. The molecule has 0 saturated heterocycles.